The van der Waals surface area contributed by atoms with Gasteiger partial charge < -0.3 is 10.1 Å². The van der Waals surface area contributed by atoms with Gasteiger partial charge in [0.05, 0.1) is 13.2 Å². The monoisotopic (exact) mass is 273 g/mol. The summed E-state index contributed by atoms with van der Waals surface area (Å²) in [6.45, 7) is 4.81. The van der Waals surface area contributed by atoms with Crippen molar-refractivity contribution < 1.29 is 9.13 Å². The van der Waals surface area contributed by atoms with Crippen molar-refractivity contribution in [2.75, 3.05) is 13.7 Å². The number of aryl methyl sites for hydroxylation is 1. The van der Waals surface area contributed by atoms with E-state index in [2.05, 4.69) is 5.32 Å². The molecule has 20 heavy (non-hydrogen) atoms. The molecule has 3 heteroatoms. The molecule has 0 amide bonds. The van der Waals surface area contributed by atoms with E-state index in [0.717, 1.165) is 12.1 Å². The van der Waals surface area contributed by atoms with E-state index < -0.39 is 0 Å². The molecule has 2 aromatic rings. The minimum Gasteiger partial charge on any atom is -0.494 e. The molecule has 1 atom stereocenters. The van der Waals surface area contributed by atoms with E-state index in [9.17, 15) is 4.39 Å². The summed E-state index contributed by atoms with van der Waals surface area (Å²) in [5.41, 5.74) is 2.84. The van der Waals surface area contributed by atoms with Crippen molar-refractivity contribution in [3.05, 3.63) is 65.0 Å². The van der Waals surface area contributed by atoms with Crippen LogP contribution in [0.5, 0.6) is 5.75 Å². The summed E-state index contributed by atoms with van der Waals surface area (Å²) < 4.78 is 19.5. The molecule has 0 saturated carbocycles. The van der Waals surface area contributed by atoms with Crippen molar-refractivity contribution in [1.29, 1.82) is 0 Å². The van der Waals surface area contributed by atoms with E-state index in [1.54, 1.807) is 12.1 Å². The fourth-order valence-electron chi connectivity index (χ4n) is 2.28. The smallest absolute Gasteiger partial charge is 0.170 e. The number of hydrogen-bond acceptors (Lipinski definition) is 2. The second-order valence-corrected chi connectivity index (χ2v) is 4.76. The van der Waals surface area contributed by atoms with Gasteiger partial charge in [0.1, 0.15) is 0 Å². The zero-order valence-electron chi connectivity index (χ0n) is 12.1. The summed E-state index contributed by atoms with van der Waals surface area (Å²) in [5.74, 6) is -0.0287. The highest BCUT2D eigenvalue weighted by Crippen LogP contribution is 2.29. The molecule has 2 nitrogen and oxygen atoms in total. The number of benzene rings is 2. The Morgan fingerprint density at radius 3 is 2.45 bits per heavy atom. The summed E-state index contributed by atoms with van der Waals surface area (Å²) in [5, 5.41) is 3.33. The van der Waals surface area contributed by atoms with Crippen molar-refractivity contribution in [3.63, 3.8) is 0 Å². The SMILES string of the molecule is CCNC(c1ccc(C)cc1)c1cccc(OC)c1F. The predicted octanol–water partition coefficient (Wildman–Crippen LogP) is 3.84. The Hall–Kier alpha value is -1.87. The van der Waals surface area contributed by atoms with Crippen molar-refractivity contribution in [2.24, 2.45) is 0 Å². The molecule has 0 heterocycles. The van der Waals surface area contributed by atoms with Gasteiger partial charge in [0.2, 0.25) is 0 Å². The standard InChI is InChI=1S/C17H20FNO/c1-4-19-17(13-10-8-12(2)9-11-13)14-6-5-7-15(20-3)16(14)18/h5-11,17,19H,4H2,1-3H3. The Balaban J connectivity index is 2.45. The van der Waals surface area contributed by atoms with Gasteiger partial charge in [0.15, 0.2) is 11.6 Å². The largest absolute Gasteiger partial charge is 0.494 e. The van der Waals surface area contributed by atoms with Crippen LogP contribution in [0.2, 0.25) is 0 Å². The second-order valence-electron chi connectivity index (χ2n) is 4.76. The number of methoxy groups -OCH3 is 1. The van der Waals surface area contributed by atoms with Gasteiger partial charge in [-0.05, 0) is 25.1 Å². The number of halogens is 1. The molecule has 0 aromatic heterocycles. The van der Waals surface area contributed by atoms with Gasteiger partial charge in [-0.25, -0.2) is 4.39 Å². The van der Waals surface area contributed by atoms with E-state index in [4.69, 9.17) is 4.74 Å². The van der Waals surface area contributed by atoms with Crippen LogP contribution in [-0.2, 0) is 0 Å². The Morgan fingerprint density at radius 2 is 1.85 bits per heavy atom. The molecular formula is C17H20FNO. The van der Waals surface area contributed by atoms with Gasteiger partial charge in [0, 0.05) is 5.56 Å². The molecular weight excluding hydrogens is 253 g/mol. The predicted molar refractivity (Wildman–Crippen MR) is 79.7 cm³/mol. The molecule has 106 valence electrons. The number of rotatable bonds is 5. The van der Waals surface area contributed by atoms with Crippen LogP contribution < -0.4 is 10.1 Å². The van der Waals surface area contributed by atoms with Crippen LogP contribution in [0.3, 0.4) is 0 Å². The molecule has 1 N–H and O–H groups in total. The number of nitrogens with one attached hydrogen (secondary N) is 1. The Labute approximate surface area is 119 Å². The zero-order chi connectivity index (χ0) is 14.5. The van der Waals surface area contributed by atoms with E-state index in [-0.39, 0.29) is 17.6 Å². The van der Waals surface area contributed by atoms with Crippen LogP contribution in [0.4, 0.5) is 4.39 Å². The van der Waals surface area contributed by atoms with E-state index >= 15 is 0 Å². The molecule has 0 saturated heterocycles. The Kier molecular flexibility index (Phi) is 4.74. The van der Waals surface area contributed by atoms with Crippen LogP contribution in [0, 0.1) is 12.7 Å². The average molecular weight is 273 g/mol. The van der Waals surface area contributed by atoms with Gasteiger partial charge in [-0.1, -0.05) is 48.9 Å². The van der Waals surface area contributed by atoms with E-state index in [1.165, 1.54) is 12.7 Å². The molecule has 2 aromatic carbocycles. The maximum atomic E-state index is 14.4. The normalized spacial score (nSPS) is 12.2. The highest BCUT2D eigenvalue weighted by molar-refractivity contribution is 5.39. The summed E-state index contributed by atoms with van der Waals surface area (Å²) in [4.78, 5) is 0. The van der Waals surface area contributed by atoms with Crippen LogP contribution in [0.1, 0.15) is 29.7 Å². The molecule has 0 radical (unpaired) electrons. The Morgan fingerprint density at radius 1 is 1.15 bits per heavy atom. The molecule has 0 bridgehead atoms. The van der Waals surface area contributed by atoms with Gasteiger partial charge in [-0.15, -0.1) is 0 Å². The topological polar surface area (TPSA) is 21.3 Å². The first kappa shape index (κ1) is 14.5. The zero-order valence-corrected chi connectivity index (χ0v) is 12.1. The highest BCUT2D eigenvalue weighted by atomic mass is 19.1. The lowest BCUT2D eigenvalue weighted by molar-refractivity contribution is 0.382. The lowest BCUT2D eigenvalue weighted by Crippen LogP contribution is -2.23. The fourth-order valence-corrected chi connectivity index (χ4v) is 2.28. The Bertz CT molecular complexity index is 566. The van der Waals surface area contributed by atoms with Crippen LogP contribution in [0.25, 0.3) is 0 Å². The third kappa shape index (κ3) is 2.99. The molecule has 0 aliphatic carbocycles. The van der Waals surface area contributed by atoms with Crippen molar-refractivity contribution >= 4 is 0 Å². The van der Waals surface area contributed by atoms with Gasteiger partial charge in [-0.3, -0.25) is 0 Å². The maximum absolute atomic E-state index is 14.4. The van der Waals surface area contributed by atoms with E-state index in [0.29, 0.717) is 5.56 Å². The molecule has 1 unspecified atom stereocenters. The lowest BCUT2D eigenvalue weighted by Gasteiger charge is -2.20. The minimum atomic E-state index is -0.304. The third-order valence-corrected chi connectivity index (χ3v) is 3.34. The third-order valence-electron chi connectivity index (χ3n) is 3.34. The van der Waals surface area contributed by atoms with Gasteiger partial charge in [-0.2, -0.15) is 0 Å². The molecule has 2 rings (SSSR count). The first-order valence-electron chi connectivity index (χ1n) is 6.79. The van der Waals surface area contributed by atoms with Crippen molar-refractivity contribution in [2.45, 2.75) is 19.9 Å². The quantitative estimate of drug-likeness (QED) is 0.893. The van der Waals surface area contributed by atoms with Crippen LogP contribution in [0.15, 0.2) is 42.5 Å². The fraction of sp³-hybridized carbons (Fsp3) is 0.294. The maximum Gasteiger partial charge on any atom is 0.170 e. The van der Waals surface area contributed by atoms with Crippen LogP contribution in [-0.4, -0.2) is 13.7 Å². The minimum absolute atomic E-state index is 0.171. The second kappa shape index (κ2) is 6.53. The lowest BCUT2D eigenvalue weighted by atomic mass is 9.97. The number of hydrogen-bond donors (Lipinski definition) is 1. The number of ether oxygens (including phenoxy) is 1. The molecule has 0 aliphatic heterocycles. The van der Waals surface area contributed by atoms with Gasteiger partial charge >= 0.3 is 0 Å². The average Bonchev–Trinajstić information content (AvgIpc) is 2.47. The van der Waals surface area contributed by atoms with Crippen molar-refractivity contribution in [3.8, 4) is 5.75 Å². The molecule has 0 fully saturated rings. The summed E-state index contributed by atoms with van der Waals surface area (Å²) in [7, 11) is 1.48. The molecule has 0 spiro atoms. The van der Waals surface area contributed by atoms with Crippen molar-refractivity contribution in [1.82, 2.24) is 5.32 Å². The first-order valence-corrected chi connectivity index (χ1v) is 6.79. The summed E-state index contributed by atoms with van der Waals surface area (Å²) in [6.07, 6.45) is 0. The van der Waals surface area contributed by atoms with Crippen LogP contribution >= 0.6 is 0 Å². The van der Waals surface area contributed by atoms with E-state index in [1.807, 2.05) is 44.2 Å². The van der Waals surface area contributed by atoms with Gasteiger partial charge in [0.25, 0.3) is 0 Å². The highest BCUT2D eigenvalue weighted by Gasteiger charge is 2.19. The first-order chi connectivity index (χ1) is 9.67. The summed E-state index contributed by atoms with van der Waals surface area (Å²) >= 11 is 0. The summed E-state index contributed by atoms with van der Waals surface area (Å²) in [6, 6.07) is 13.2. The molecule has 0 aliphatic rings.